The first-order valence-electron chi connectivity index (χ1n) is 8.05. The Balaban J connectivity index is 1.52. The predicted octanol–water partition coefficient (Wildman–Crippen LogP) is 4.33. The van der Waals surface area contributed by atoms with Crippen molar-refractivity contribution in [3.63, 3.8) is 0 Å². The van der Waals surface area contributed by atoms with E-state index < -0.39 is 12.7 Å². The number of aromatic nitrogens is 2. The quantitative estimate of drug-likeness (QED) is 0.520. The third-order valence-electron chi connectivity index (χ3n) is 3.40. The average Bonchev–Trinajstić information content (AvgIpc) is 3.34. The fraction of sp³-hybridized carbons (Fsp3) is 0.235. The molecule has 0 bridgehead atoms. The van der Waals surface area contributed by atoms with Crippen LogP contribution in [0.4, 0.5) is 18.3 Å². The minimum Gasteiger partial charge on any atom is -0.467 e. The summed E-state index contributed by atoms with van der Waals surface area (Å²) in [7, 11) is 0. The zero-order valence-electron chi connectivity index (χ0n) is 14.3. The van der Waals surface area contributed by atoms with E-state index >= 15 is 0 Å². The number of rotatable bonds is 8. The second-order valence-electron chi connectivity index (χ2n) is 5.59. The standard InChI is InChI=1S/C17H15F3N4O2S2/c18-17(19,20)10-22-15-23-24-16(28-15)27-9-11-3-1-4-12(7-11)14(25)21-8-13-5-2-6-26-13/h1-7H,8-10H2,(H,21,25)(H,22,23). The zero-order valence-corrected chi connectivity index (χ0v) is 16.0. The second kappa shape index (κ2) is 9.11. The van der Waals surface area contributed by atoms with Crippen molar-refractivity contribution in [2.75, 3.05) is 11.9 Å². The number of hydrogen-bond donors (Lipinski definition) is 2. The first-order chi connectivity index (χ1) is 13.4. The highest BCUT2D eigenvalue weighted by molar-refractivity contribution is 8.00. The molecule has 0 unspecified atom stereocenters. The lowest BCUT2D eigenvalue weighted by Crippen LogP contribution is -2.22. The van der Waals surface area contributed by atoms with Gasteiger partial charge in [0.2, 0.25) is 5.13 Å². The van der Waals surface area contributed by atoms with Crippen molar-refractivity contribution < 1.29 is 22.4 Å². The molecule has 2 N–H and O–H groups in total. The summed E-state index contributed by atoms with van der Waals surface area (Å²) in [6.07, 6.45) is -2.77. The van der Waals surface area contributed by atoms with Gasteiger partial charge in [0.1, 0.15) is 12.3 Å². The summed E-state index contributed by atoms with van der Waals surface area (Å²) in [6, 6.07) is 10.6. The van der Waals surface area contributed by atoms with Crippen LogP contribution in [0.2, 0.25) is 0 Å². The van der Waals surface area contributed by atoms with E-state index in [-0.39, 0.29) is 11.0 Å². The Labute approximate surface area is 166 Å². The van der Waals surface area contributed by atoms with Crippen molar-refractivity contribution in [1.82, 2.24) is 15.5 Å². The zero-order chi connectivity index (χ0) is 20.0. The first-order valence-corrected chi connectivity index (χ1v) is 9.86. The molecule has 0 aliphatic heterocycles. The normalized spacial score (nSPS) is 11.4. The Bertz CT molecular complexity index is 913. The number of nitrogens with one attached hydrogen (secondary N) is 2. The van der Waals surface area contributed by atoms with Gasteiger partial charge in [-0.2, -0.15) is 13.2 Å². The number of alkyl halides is 3. The molecule has 0 saturated heterocycles. The number of furan rings is 1. The van der Waals surface area contributed by atoms with E-state index in [1.807, 2.05) is 6.07 Å². The highest BCUT2D eigenvalue weighted by atomic mass is 32.2. The van der Waals surface area contributed by atoms with Gasteiger partial charge in [-0.3, -0.25) is 4.79 Å². The smallest absolute Gasteiger partial charge is 0.405 e. The molecule has 3 aromatic rings. The first kappa shape index (κ1) is 20.2. The minimum atomic E-state index is -4.31. The molecule has 148 valence electrons. The fourth-order valence-corrected chi connectivity index (χ4v) is 3.84. The van der Waals surface area contributed by atoms with Gasteiger partial charge in [-0.15, -0.1) is 10.2 Å². The fourth-order valence-electron chi connectivity index (χ4n) is 2.15. The Morgan fingerprint density at radius 3 is 2.82 bits per heavy atom. The molecule has 1 aromatic carbocycles. The van der Waals surface area contributed by atoms with Crippen LogP contribution in [0.1, 0.15) is 21.7 Å². The molecule has 0 radical (unpaired) electrons. The van der Waals surface area contributed by atoms with Crippen molar-refractivity contribution in [3.05, 3.63) is 59.5 Å². The molecule has 2 aromatic heterocycles. The highest BCUT2D eigenvalue weighted by Crippen LogP contribution is 2.29. The SMILES string of the molecule is O=C(NCc1ccco1)c1cccc(CSc2nnc(NCC(F)(F)F)s2)c1. The van der Waals surface area contributed by atoms with Crippen LogP contribution in [-0.2, 0) is 12.3 Å². The molecule has 2 heterocycles. The molecule has 0 saturated carbocycles. The number of halogens is 3. The number of amides is 1. The van der Waals surface area contributed by atoms with Crippen LogP contribution < -0.4 is 10.6 Å². The van der Waals surface area contributed by atoms with E-state index in [0.29, 0.717) is 28.0 Å². The number of benzene rings is 1. The predicted molar refractivity (Wildman–Crippen MR) is 100 cm³/mol. The molecule has 0 spiro atoms. The maximum Gasteiger partial charge on any atom is 0.405 e. The van der Waals surface area contributed by atoms with Crippen molar-refractivity contribution in [2.24, 2.45) is 0 Å². The summed E-state index contributed by atoms with van der Waals surface area (Å²) in [5.41, 5.74) is 1.39. The van der Waals surface area contributed by atoms with Crippen LogP contribution in [0.25, 0.3) is 0 Å². The Morgan fingerprint density at radius 1 is 1.21 bits per heavy atom. The van der Waals surface area contributed by atoms with Gasteiger partial charge in [-0.05, 0) is 29.8 Å². The van der Waals surface area contributed by atoms with E-state index in [1.165, 1.54) is 18.0 Å². The van der Waals surface area contributed by atoms with Gasteiger partial charge in [-0.1, -0.05) is 35.2 Å². The summed E-state index contributed by atoms with van der Waals surface area (Å²) in [5.74, 6) is 0.941. The van der Waals surface area contributed by atoms with Gasteiger partial charge in [0.15, 0.2) is 4.34 Å². The lowest BCUT2D eigenvalue weighted by molar-refractivity contribution is -0.115. The Morgan fingerprint density at radius 2 is 2.07 bits per heavy atom. The lowest BCUT2D eigenvalue weighted by atomic mass is 10.1. The maximum atomic E-state index is 12.2. The average molecular weight is 428 g/mol. The molecule has 1 amide bonds. The summed E-state index contributed by atoms with van der Waals surface area (Å²) in [4.78, 5) is 12.2. The van der Waals surface area contributed by atoms with Crippen LogP contribution in [-0.4, -0.2) is 28.8 Å². The highest BCUT2D eigenvalue weighted by Gasteiger charge is 2.27. The molecular weight excluding hydrogens is 413 g/mol. The van der Waals surface area contributed by atoms with Gasteiger partial charge >= 0.3 is 6.18 Å². The van der Waals surface area contributed by atoms with Gasteiger partial charge < -0.3 is 15.1 Å². The Hall–Kier alpha value is -2.53. The minimum absolute atomic E-state index is 0.117. The van der Waals surface area contributed by atoms with Crippen LogP contribution in [0.3, 0.4) is 0 Å². The van der Waals surface area contributed by atoms with Crippen LogP contribution >= 0.6 is 23.1 Å². The molecule has 28 heavy (non-hydrogen) atoms. The molecule has 0 atom stereocenters. The molecule has 0 fully saturated rings. The number of anilines is 1. The number of nitrogens with zero attached hydrogens (tertiary/aromatic N) is 2. The van der Waals surface area contributed by atoms with Gasteiger partial charge in [0.05, 0.1) is 12.8 Å². The van der Waals surface area contributed by atoms with Crippen LogP contribution in [0, 0.1) is 0 Å². The molecular formula is C17H15F3N4O2S2. The summed E-state index contributed by atoms with van der Waals surface area (Å²) in [5, 5.41) is 12.6. The number of carbonyl (C=O) groups excluding carboxylic acids is 1. The largest absolute Gasteiger partial charge is 0.467 e. The molecule has 6 nitrogen and oxygen atoms in total. The number of carbonyl (C=O) groups is 1. The molecule has 0 aliphatic carbocycles. The van der Waals surface area contributed by atoms with Crippen molar-refractivity contribution >= 4 is 34.1 Å². The van der Waals surface area contributed by atoms with E-state index in [0.717, 1.165) is 16.9 Å². The monoisotopic (exact) mass is 428 g/mol. The topological polar surface area (TPSA) is 80.1 Å². The van der Waals surface area contributed by atoms with E-state index in [4.69, 9.17) is 4.42 Å². The summed E-state index contributed by atoms with van der Waals surface area (Å²) >= 11 is 2.39. The molecule has 3 rings (SSSR count). The van der Waals surface area contributed by atoms with Gasteiger partial charge in [0, 0.05) is 11.3 Å². The van der Waals surface area contributed by atoms with Crippen LogP contribution in [0.15, 0.2) is 51.4 Å². The number of hydrogen-bond acceptors (Lipinski definition) is 7. The second-order valence-corrected chi connectivity index (χ2v) is 7.79. The third-order valence-corrected chi connectivity index (χ3v) is 5.49. The van der Waals surface area contributed by atoms with Gasteiger partial charge in [0.25, 0.3) is 5.91 Å². The summed E-state index contributed by atoms with van der Waals surface area (Å²) in [6.45, 7) is -0.856. The van der Waals surface area contributed by atoms with Crippen molar-refractivity contribution in [3.8, 4) is 0 Å². The van der Waals surface area contributed by atoms with E-state index in [2.05, 4.69) is 20.8 Å². The van der Waals surface area contributed by atoms with E-state index in [1.54, 1.807) is 30.3 Å². The van der Waals surface area contributed by atoms with Crippen molar-refractivity contribution in [2.45, 2.75) is 22.8 Å². The summed E-state index contributed by atoms with van der Waals surface area (Å²) < 4.78 is 42.3. The van der Waals surface area contributed by atoms with E-state index in [9.17, 15) is 18.0 Å². The molecule has 0 aliphatic rings. The number of thioether (sulfide) groups is 1. The Kier molecular flexibility index (Phi) is 6.57. The van der Waals surface area contributed by atoms with Crippen LogP contribution in [0.5, 0.6) is 0 Å². The maximum absolute atomic E-state index is 12.2. The van der Waals surface area contributed by atoms with Gasteiger partial charge in [-0.25, -0.2) is 0 Å². The van der Waals surface area contributed by atoms with Crippen molar-refractivity contribution in [1.29, 1.82) is 0 Å². The lowest BCUT2D eigenvalue weighted by Gasteiger charge is -2.06. The third kappa shape index (κ3) is 6.27. The molecule has 11 heteroatoms.